The second kappa shape index (κ2) is 9.35. The highest BCUT2D eigenvalue weighted by atomic mass is 28.4. The summed E-state index contributed by atoms with van der Waals surface area (Å²) in [5.74, 6) is 1.13. The highest BCUT2D eigenvalue weighted by molar-refractivity contribution is 6.74. The first-order valence-corrected chi connectivity index (χ1v) is 16.4. The van der Waals surface area contributed by atoms with Crippen LogP contribution in [0.3, 0.4) is 0 Å². The molecule has 0 saturated carbocycles. The van der Waals surface area contributed by atoms with E-state index in [4.69, 9.17) is 14.1 Å². The van der Waals surface area contributed by atoms with Crippen LogP contribution in [-0.4, -0.2) is 47.8 Å². The maximum absolute atomic E-state index is 10.0. The van der Waals surface area contributed by atoms with Gasteiger partial charge in [-0.25, -0.2) is 14.6 Å². The minimum absolute atomic E-state index is 0.122. The van der Waals surface area contributed by atoms with Crippen LogP contribution >= 0.6 is 0 Å². The number of hydrogen-bond acceptors (Lipinski definition) is 8. The van der Waals surface area contributed by atoms with Crippen LogP contribution in [0.25, 0.3) is 11.3 Å². The fourth-order valence-corrected chi connectivity index (χ4v) is 5.92. The van der Waals surface area contributed by atoms with Crippen LogP contribution in [0, 0.1) is 11.3 Å². The van der Waals surface area contributed by atoms with Crippen molar-refractivity contribution in [1.82, 2.24) is 19.7 Å². The number of nitrogens with zero attached hydrogens (tertiary/aromatic N) is 5. The van der Waals surface area contributed by atoms with E-state index < -0.39 is 8.32 Å². The number of anilines is 3. The van der Waals surface area contributed by atoms with Crippen molar-refractivity contribution in [2.75, 3.05) is 30.4 Å². The zero-order valence-electron chi connectivity index (χ0n) is 24.3. The molecule has 2 aliphatic rings. The van der Waals surface area contributed by atoms with Crippen molar-refractivity contribution in [3.05, 3.63) is 41.7 Å². The molecule has 39 heavy (non-hydrogen) atoms. The highest BCUT2D eigenvalue weighted by Crippen LogP contribution is 2.44. The fraction of sp³-hybridized carbons (Fsp3) is 0.517. The van der Waals surface area contributed by atoms with Gasteiger partial charge in [0.15, 0.2) is 8.32 Å². The minimum atomic E-state index is -1.94. The zero-order chi connectivity index (χ0) is 28.2. The number of fused-ring (bicyclic) bond motifs is 2. The van der Waals surface area contributed by atoms with Gasteiger partial charge in [-0.15, -0.1) is 0 Å². The number of aromatic nitrogens is 4. The van der Waals surface area contributed by atoms with Gasteiger partial charge in [-0.05, 0) is 55.7 Å². The lowest BCUT2D eigenvalue weighted by Crippen LogP contribution is -2.45. The molecule has 0 spiro atoms. The van der Waals surface area contributed by atoms with Gasteiger partial charge in [0.1, 0.15) is 11.8 Å². The molecule has 0 saturated heterocycles. The molecular formula is C29H39N7O2Si. The van der Waals surface area contributed by atoms with Crippen molar-refractivity contribution in [2.24, 2.45) is 0 Å². The van der Waals surface area contributed by atoms with E-state index >= 15 is 0 Å². The maximum Gasteiger partial charge on any atom is 0.236 e. The quantitative estimate of drug-likeness (QED) is 0.354. The molecule has 0 bridgehead atoms. The summed E-state index contributed by atoms with van der Waals surface area (Å²) < 4.78 is 14.5. The number of nitriles is 1. The summed E-state index contributed by atoms with van der Waals surface area (Å²) in [4.78, 5) is 9.24. The Bertz CT molecular complexity index is 1450. The molecule has 0 fully saturated rings. The van der Waals surface area contributed by atoms with E-state index in [1.165, 1.54) is 0 Å². The molecule has 0 amide bonds. The summed E-state index contributed by atoms with van der Waals surface area (Å²) >= 11 is 0. The van der Waals surface area contributed by atoms with Crippen LogP contribution in [0.1, 0.15) is 59.1 Å². The molecule has 5 rings (SSSR count). The summed E-state index contributed by atoms with van der Waals surface area (Å²) in [6.45, 7) is 19.7. The highest BCUT2D eigenvalue weighted by Gasteiger charge is 2.42. The van der Waals surface area contributed by atoms with Crippen molar-refractivity contribution < 1.29 is 9.16 Å². The van der Waals surface area contributed by atoms with Gasteiger partial charge < -0.3 is 19.8 Å². The third kappa shape index (κ3) is 4.90. The first kappa shape index (κ1) is 27.2. The van der Waals surface area contributed by atoms with Crippen LogP contribution in [0.2, 0.25) is 18.1 Å². The zero-order valence-corrected chi connectivity index (χ0v) is 25.3. The van der Waals surface area contributed by atoms with Gasteiger partial charge in [0.05, 0.1) is 35.3 Å². The molecule has 4 heterocycles. The standard InChI is InChI=1S/C29H39N7O2Si/c1-27(2,3)39(7,8)38-18-29(6)17-32-24-20(15-30)13-19(14-21(24)29)22-9-11-31-26(34-22)35-23-16-33-36-25(23)37-12-10-28(36,4)5/h9,11,13-14,16,32H,10,12,17-18H2,1-8H3,(H,31,34,35)/t29-/m1/s1. The van der Waals surface area contributed by atoms with Crippen LogP contribution in [0.4, 0.5) is 17.3 Å². The van der Waals surface area contributed by atoms with E-state index in [9.17, 15) is 5.26 Å². The van der Waals surface area contributed by atoms with E-state index in [1.54, 1.807) is 12.4 Å². The number of ether oxygens (including phenoxy) is 1. The van der Waals surface area contributed by atoms with Crippen molar-refractivity contribution in [3.8, 4) is 23.2 Å². The Hall–Kier alpha value is -3.42. The first-order valence-electron chi connectivity index (χ1n) is 13.5. The summed E-state index contributed by atoms with van der Waals surface area (Å²) in [5, 5.41) is 21.4. The second-order valence-corrected chi connectivity index (χ2v) is 17.9. The van der Waals surface area contributed by atoms with E-state index in [-0.39, 0.29) is 16.0 Å². The number of rotatable bonds is 6. The average Bonchev–Trinajstić information content (AvgIpc) is 3.44. The SMILES string of the molecule is CC1(C)CCOc2c(Nc3nccc(-c4cc(C#N)c5c(c4)[C@@](C)(CO[Si](C)(C)C(C)(C)C)CN5)n3)cnn21. The van der Waals surface area contributed by atoms with E-state index in [0.29, 0.717) is 30.6 Å². The normalized spacial score (nSPS) is 19.9. The molecule has 0 radical (unpaired) electrons. The first-order chi connectivity index (χ1) is 18.2. The smallest absolute Gasteiger partial charge is 0.236 e. The Morgan fingerprint density at radius 2 is 2.03 bits per heavy atom. The van der Waals surface area contributed by atoms with Crippen molar-refractivity contribution in [1.29, 1.82) is 5.26 Å². The molecule has 1 aromatic carbocycles. The largest absolute Gasteiger partial charge is 0.476 e. The molecule has 2 aliphatic heterocycles. The molecule has 3 aromatic rings. The topological polar surface area (TPSA) is 110 Å². The Labute approximate surface area is 232 Å². The third-order valence-electron chi connectivity index (χ3n) is 8.57. The average molecular weight is 546 g/mol. The molecule has 0 aliphatic carbocycles. The van der Waals surface area contributed by atoms with Crippen LogP contribution in [0.5, 0.6) is 5.88 Å². The van der Waals surface area contributed by atoms with Gasteiger partial charge in [0.25, 0.3) is 0 Å². The van der Waals surface area contributed by atoms with Crippen molar-refractivity contribution in [2.45, 2.75) is 77.0 Å². The summed E-state index contributed by atoms with van der Waals surface area (Å²) in [5.41, 5.74) is 4.52. The molecule has 9 nitrogen and oxygen atoms in total. The molecule has 2 aromatic heterocycles. The fourth-order valence-electron chi connectivity index (χ4n) is 4.80. The van der Waals surface area contributed by atoms with Crippen LogP contribution in [0.15, 0.2) is 30.6 Å². The number of benzene rings is 1. The van der Waals surface area contributed by atoms with E-state index in [1.807, 2.05) is 16.8 Å². The molecule has 10 heteroatoms. The van der Waals surface area contributed by atoms with Gasteiger partial charge >= 0.3 is 0 Å². The Morgan fingerprint density at radius 3 is 2.74 bits per heavy atom. The summed E-state index contributed by atoms with van der Waals surface area (Å²) in [6, 6.07) is 8.29. The van der Waals surface area contributed by atoms with Gasteiger partial charge in [0, 0.05) is 36.7 Å². The van der Waals surface area contributed by atoms with Gasteiger partial charge in [0.2, 0.25) is 11.8 Å². The van der Waals surface area contributed by atoms with Gasteiger partial charge in [-0.2, -0.15) is 10.4 Å². The predicted molar refractivity (Wildman–Crippen MR) is 156 cm³/mol. The van der Waals surface area contributed by atoms with Gasteiger partial charge in [-0.3, -0.25) is 0 Å². The molecule has 1 atom stereocenters. The molecular weight excluding hydrogens is 506 g/mol. The lowest BCUT2D eigenvalue weighted by Gasteiger charge is -2.39. The monoisotopic (exact) mass is 545 g/mol. The van der Waals surface area contributed by atoms with Crippen molar-refractivity contribution in [3.63, 3.8) is 0 Å². The van der Waals surface area contributed by atoms with Crippen molar-refractivity contribution >= 4 is 25.6 Å². The number of nitrogens with one attached hydrogen (secondary N) is 2. The Balaban J connectivity index is 1.45. The summed E-state index contributed by atoms with van der Waals surface area (Å²) in [7, 11) is -1.94. The van der Waals surface area contributed by atoms with Crippen LogP contribution < -0.4 is 15.4 Å². The third-order valence-corrected chi connectivity index (χ3v) is 13.0. The maximum atomic E-state index is 10.0. The lowest BCUT2D eigenvalue weighted by atomic mass is 9.83. The van der Waals surface area contributed by atoms with E-state index in [0.717, 1.165) is 41.2 Å². The minimum Gasteiger partial charge on any atom is -0.476 e. The molecule has 2 N–H and O–H groups in total. The summed E-state index contributed by atoms with van der Waals surface area (Å²) in [6.07, 6.45) is 4.37. The van der Waals surface area contributed by atoms with Gasteiger partial charge in [-0.1, -0.05) is 27.7 Å². The predicted octanol–water partition coefficient (Wildman–Crippen LogP) is 6.18. The van der Waals surface area contributed by atoms with Crippen LogP contribution in [-0.2, 0) is 15.4 Å². The second-order valence-electron chi connectivity index (χ2n) is 13.1. The lowest BCUT2D eigenvalue weighted by molar-refractivity contribution is 0.139. The molecule has 0 unspecified atom stereocenters. The number of hydrogen-bond donors (Lipinski definition) is 2. The Kier molecular flexibility index (Phi) is 6.51. The van der Waals surface area contributed by atoms with E-state index in [2.05, 4.69) is 87.5 Å². The Morgan fingerprint density at radius 1 is 1.26 bits per heavy atom. The molecule has 206 valence electrons.